The van der Waals surface area contributed by atoms with E-state index in [2.05, 4.69) is 31.6 Å². The maximum absolute atomic E-state index is 13.3. The molecule has 6 nitrogen and oxygen atoms in total. The molecule has 168 valence electrons. The first-order valence-electron chi connectivity index (χ1n) is 11.0. The molecule has 8 heteroatoms. The summed E-state index contributed by atoms with van der Waals surface area (Å²) in [7, 11) is 0. The Morgan fingerprint density at radius 2 is 1.97 bits per heavy atom. The molecule has 2 heterocycles. The predicted molar refractivity (Wildman–Crippen MR) is 123 cm³/mol. The molecule has 1 fully saturated rings. The first-order valence-corrected chi connectivity index (χ1v) is 12.3. The zero-order valence-corrected chi connectivity index (χ0v) is 19.8. The van der Waals surface area contributed by atoms with E-state index < -0.39 is 17.2 Å². The number of halogens is 1. The summed E-state index contributed by atoms with van der Waals surface area (Å²) in [6.07, 6.45) is 13.4. The molecule has 0 aromatic rings. The van der Waals surface area contributed by atoms with Crippen LogP contribution in [0.15, 0.2) is 35.3 Å². The van der Waals surface area contributed by atoms with Crippen LogP contribution in [0.5, 0.6) is 0 Å². The number of rotatable bonds is 3. The van der Waals surface area contributed by atoms with Gasteiger partial charge in [-0.05, 0) is 47.4 Å². The average molecular weight is 465 g/mol. The number of alkyl halides is 1. The molecule has 2 unspecified atom stereocenters. The molecule has 0 bridgehead atoms. The zero-order chi connectivity index (χ0) is 22.3. The van der Waals surface area contributed by atoms with Crippen molar-refractivity contribution < 1.29 is 19.5 Å². The molecule has 4 aliphatic rings. The standard InChI is InChI=1S/C23H31ClN3O3S/c1-23(2,3)14-7-9-15(10-8-14)31-25-17-12-11-16(24)19-20(17)22(29)27(21(19)28)18-6-4-5-13-26(18)30/h4,6,9,11-12,14,16-17,19-20,25,30H,5,7-8,10,13H2,1-3H3/q+1/t14-,16-,17+,19?,20?/m0/s1. The fraction of sp³-hybridized carbons (Fsp3) is 0.609. The topological polar surface area (TPSA) is 72.7 Å². The number of nitrogens with zero attached hydrogens (tertiary/aromatic N) is 2. The Kier molecular flexibility index (Phi) is 6.39. The van der Waals surface area contributed by atoms with E-state index in [1.54, 1.807) is 24.1 Å². The first kappa shape index (κ1) is 22.6. The van der Waals surface area contributed by atoms with E-state index in [1.165, 1.54) is 4.91 Å². The van der Waals surface area contributed by atoms with E-state index in [4.69, 9.17) is 11.6 Å². The highest BCUT2D eigenvalue weighted by Crippen LogP contribution is 2.42. The second-order valence-corrected chi connectivity index (χ2v) is 11.3. The fourth-order valence-corrected chi connectivity index (χ4v) is 6.10. The van der Waals surface area contributed by atoms with Gasteiger partial charge in [-0.1, -0.05) is 49.8 Å². The number of hydroxylamine groups is 1. The Morgan fingerprint density at radius 3 is 2.61 bits per heavy atom. The Hall–Kier alpha value is -1.57. The van der Waals surface area contributed by atoms with Gasteiger partial charge in [0.2, 0.25) is 0 Å². The molecule has 2 aliphatic carbocycles. The minimum Gasteiger partial charge on any atom is -0.355 e. The van der Waals surface area contributed by atoms with Gasteiger partial charge in [0.05, 0.1) is 23.3 Å². The van der Waals surface area contributed by atoms with E-state index in [0.29, 0.717) is 24.3 Å². The van der Waals surface area contributed by atoms with E-state index in [0.717, 1.165) is 28.9 Å². The van der Waals surface area contributed by atoms with E-state index in [1.807, 2.05) is 12.2 Å². The van der Waals surface area contributed by atoms with E-state index in [9.17, 15) is 14.8 Å². The van der Waals surface area contributed by atoms with Gasteiger partial charge in [0.15, 0.2) is 0 Å². The summed E-state index contributed by atoms with van der Waals surface area (Å²) in [5.74, 6) is -0.989. The lowest BCUT2D eigenvalue weighted by atomic mass is 9.74. The second kappa shape index (κ2) is 8.75. The molecular weight excluding hydrogens is 434 g/mol. The predicted octanol–water partition coefficient (Wildman–Crippen LogP) is 3.86. The van der Waals surface area contributed by atoms with Crippen LogP contribution in [0, 0.1) is 23.2 Å². The SMILES string of the molecule is CC(C)(C)[C@H]1CC=C(SN[C@@H]2C=C[C@H](Cl)C3C(=O)N(C4=[N+](O)CCC=C4)C(=O)C32)CC1. The number of likely N-dealkylation sites (tertiary alicyclic amines) is 1. The van der Waals surface area contributed by atoms with Crippen LogP contribution in [-0.4, -0.2) is 50.5 Å². The third kappa shape index (κ3) is 4.37. The number of carbonyl (C=O) groups excluding carboxylic acids is 2. The number of allylic oxidation sites excluding steroid dienone is 3. The Balaban J connectivity index is 1.49. The summed E-state index contributed by atoms with van der Waals surface area (Å²) in [6.45, 7) is 7.22. The van der Waals surface area contributed by atoms with Crippen molar-refractivity contribution in [2.75, 3.05) is 6.54 Å². The number of imide groups is 1. The van der Waals surface area contributed by atoms with Crippen molar-refractivity contribution >= 4 is 41.2 Å². The first-order chi connectivity index (χ1) is 14.7. The lowest BCUT2D eigenvalue weighted by molar-refractivity contribution is -0.776. The number of nitrogens with one attached hydrogen (secondary N) is 1. The van der Waals surface area contributed by atoms with Gasteiger partial charge in [-0.25, -0.2) is 9.59 Å². The van der Waals surface area contributed by atoms with Gasteiger partial charge in [-0.3, -0.25) is 4.72 Å². The molecular formula is C23H31ClN3O3S+. The maximum atomic E-state index is 13.3. The highest BCUT2D eigenvalue weighted by molar-refractivity contribution is 8.01. The lowest BCUT2D eigenvalue weighted by Gasteiger charge is -2.33. The summed E-state index contributed by atoms with van der Waals surface area (Å²) in [4.78, 5) is 28.8. The highest BCUT2D eigenvalue weighted by Gasteiger charge is 2.61. The number of fused-ring (bicyclic) bond motifs is 1. The number of amidine groups is 1. The monoisotopic (exact) mass is 464 g/mol. The quantitative estimate of drug-likeness (QED) is 0.166. The number of hydrogen-bond acceptors (Lipinski definition) is 5. The van der Waals surface area contributed by atoms with Gasteiger partial charge >= 0.3 is 17.6 Å². The van der Waals surface area contributed by atoms with Crippen LogP contribution < -0.4 is 4.72 Å². The molecule has 2 aliphatic heterocycles. The third-order valence-electron chi connectivity index (χ3n) is 6.82. The third-order valence-corrected chi connectivity index (χ3v) is 8.26. The van der Waals surface area contributed by atoms with Crippen LogP contribution in [0.25, 0.3) is 0 Å². The summed E-state index contributed by atoms with van der Waals surface area (Å²) >= 11 is 8.02. The minimum absolute atomic E-state index is 0.217. The van der Waals surface area contributed by atoms with E-state index >= 15 is 0 Å². The van der Waals surface area contributed by atoms with Gasteiger partial charge in [0.1, 0.15) is 6.54 Å². The molecule has 31 heavy (non-hydrogen) atoms. The fourth-order valence-electron chi connectivity index (χ4n) is 4.84. The number of amides is 2. The van der Waals surface area contributed by atoms with Crippen molar-refractivity contribution in [2.24, 2.45) is 23.2 Å². The summed E-state index contributed by atoms with van der Waals surface area (Å²) < 4.78 is 4.39. The van der Waals surface area contributed by atoms with Crippen molar-refractivity contribution in [3.8, 4) is 0 Å². The molecule has 5 atom stereocenters. The van der Waals surface area contributed by atoms with Crippen LogP contribution in [0.1, 0.15) is 46.5 Å². The van der Waals surface area contributed by atoms with Gasteiger partial charge in [0.25, 0.3) is 0 Å². The van der Waals surface area contributed by atoms with Gasteiger partial charge in [-0.2, -0.15) is 0 Å². The Morgan fingerprint density at radius 1 is 1.23 bits per heavy atom. The molecule has 0 aromatic heterocycles. The number of carbonyl (C=O) groups is 2. The summed E-state index contributed by atoms with van der Waals surface area (Å²) in [6, 6.07) is -0.298. The molecule has 0 spiro atoms. The van der Waals surface area contributed by atoms with Crippen molar-refractivity contribution in [1.82, 2.24) is 9.62 Å². The van der Waals surface area contributed by atoms with Gasteiger partial charge < -0.3 is 5.21 Å². The molecule has 0 aromatic carbocycles. The van der Waals surface area contributed by atoms with Gasteiger partial charge in [-0.15, -0.1) is 16.5 Å². The zero-order valence-electron chi connectivity index (χ0n) is 18.3. The second-order valence-electron chi connectivity index (χ2n) is 9.82. The van der Waals surface area contributed by atoms with Crippen molar-refractivity contribution in [3.63, 3.8) is 0 Å². The summed E-state index contributed by atoms with van der Waals surface area (Å²) in [5, 5.41) is 9.66. The highest BCUT2D eigenvalue weighted by atomic mass is 35.5. The van der Waals surface area contributed by atoms with Crippen molar-refractivity contribution in [3.05, 3.63) is 35.3 Å². The lowest BCUT2D eigenvalue weighted by Crippen LogP contribution is -2.44. The molecule has 4 rings (SSSR count). The molecule has 1 saturated heterocycles. The average Bonchev–Trinajstić information content (AvgIpc) is 2.99. The minimum atomic E-state index is -0.640. The Bertz CT molecular complexity index is 889. The van der Waals surface area contributed by atoms with E-state index in [-0.39, 0.29) is 23.7 Å². The van der Waals surface area contributed by atoms with Crippen LogP contribution in [0.4, 0.5) is 0 Å². The van der Waals surface area contributed by atoms with Gasteiger partial charge in [0, 0.05) is 12.5 Å². The smallest absolute Gasteiger partial charge is 0.325 e. The van der Waals surface area contributed by atoms with Crippen LogP contribution in [0.2, 0.25) is 0 Å². The number of hydrogen-bond donors (Lipinski definition) is 2. The molecule has 2 amide bonds. The van der Waals surface area contributed by atoms with Crippen LogP contribution in [0.3, 0.4) is 0 Å². The largest absolute Gasteiger partial charge is 0.355 e. The van der Waals surface area contributed by atoms with Crippen LogP contribution >= 0.6 is 23.5 Å². The maximum Gasteiger partial charge on any atom is 0.325 e. The van der Waals surface area contributed by atoms with Crippen molar-refractivity contribution in [1.29, 1.82) is 0 Å². The van der Waals surface area contributed by atoms with Crippen LogP contribution in [-0.2, 0) is 9.59 Å². The molecule has 0 radical (unpaired) electrons. The summed E-state index contributed by atoms with van der Waals surface area (Å²) in [5.41, 5.74) is 0.306. The Labute approximate surface area is 193 Å². The van der Waals surface area contributed by atoms with Crippen molar-refractivity contribution in [2.45, 2.75) is 57.9 Å². The molecule has 0 saturated carbocycles. The normalized spacial score (nSPS) is 33.7. The molecule has 2 N–H and O–H groups in total.